The molecule has 11 heavy (non-hydrogen) atoms. The first-order valence-electron chi connectivity index (χ1n) is 4.33. The third-order valence-corrected chi connectivity index (χ3v) is 2.53. The highest BCUT2D eigenvalue weighted by Crippen LogP contribution is 2.27. The van der Waals surface area contributed by atoms with E-state index in [0.717, 1.165) is 12.5 Å². The predicted octanol–water partition coefficient (Wildman–Crippen LogP) is 0.655. The van der Waals surface area contributed by atoms with E-state index in [0.29, 0.717) is 6.04 Å². The maximum absolute atomic E-state index is 5.41. The van der Waals surface area contributed by atoms with Crippen molar-refractivity contribution in [3.8, 4) is 0 Å². The van der Waals surface area contributed by atoms with Crippen LogP contribution in [-0.4, -0.2) is 19.8 Å². The fourth-order valence-electron chi connectivity index (χ4n) is 1.86. The van der Waals surface area contributed by atoms with Gasteiger partial charge in [0.1, 0.15) is 0 Å². The molecule has 1 aliphatic carbocycles. The first-order valence-corrected chi connectivity index (χ1v) is 4.33. The van der Waals surface area contributed by atoms with Crippen molar-refractivity contribution in [3.05, 3.63) is 0 Å². The first kappa shape index (κ1) is 8.97. The molecule has 0 aromatic heterocycles. The zero-order chi connectivity index (χ0) is 8.10. The highest BCUT2D eigenvalue weighted by Gasteiger charge is 2.23. The predicted molar refractivity (Wildman–Crippen MR) is 44.9 cm³/mol. The van der Waals surface area contributed by atoms with Crippen molar-refractivity contribution in [2.75, 3.05) is 13.7 Å². The van der Waals surface area contributed by atoms with Crippen LogP contribution in [0.1, 0.15) is 25.7 Å². The Kier molecular flexibility index (Phi) is 3.83. The molecule has 1 saturated carbocycles. The topological polar surface area (TPSA) is 47.3 Å². The summed E-state index contributed by atoms with van der Waals surface area (Å²) in [5.74, 6) is 6.14. The van der Waals surface area contributed by atoms with Crippen LogP contribution in [-0.2, 0) is 4.74 Å². The number of rotatable bonds is 4. The summed E-state index contributed by atoms with van der Waals surface area (Å²) in [5, 5.41) is 0. The van der Waals surface area contributed by atoms with Gasteiger partial charge in [-0.25, -0.2) is 0 Å². The summed E-state index contributed by atoms with van der Waals surface area (Å²) in [6, 6.07) is 0.363. The van der Waals surface area contributed by atoms with Gasteiger partial charge in [0.05, 0.1) is 6.61 Å². The highest BCUT2D eigenvalue weighted by atomic mass is 16.5. The number of hydrogen-bond donors (Lipinski definition) is 2. The molecule has 1 rings (SSSR count). The lowest BCUT2D eigenvalue weighted by atomic mass is 10.00. The van der Waals surface area contributed by atoms with Crippen LogP contribution in [0.15, 0.2) is 0 Å². The number of methoxy groups -OCH3 is 1. The number of hydrazine groups is 1. The molecule has 3 heteroatoms. The molecule has 0 aliphatic heterocycles. The maximum atomic E-state index is 5.41. The van der Waals surface area contributed by atoms with Gasteiger partial charge >= 0.3 is 0 Å². The van der Waals surface area contributed by atoms with E-state index in [4.69, 9.17) is 10.6 Å². The second kappa shape index (κ2) is 4.70. The van der Waals surface area contributed by atoms with Crippen molar-refractivity contribution in [2.45, 2.75) is 31.7 Å². The molecule has 1 aliphatic rings. The molecule has 3 nitrogen and oxygen atoms in total. The van der Waals surface area contributed by atoms with Gasteiger partial charge in [-0.3, -0.25) is 11.3 Å². The van der Waals surface area contributed by atoms with Gasteiger partial charge in [-0.2, -0.15) is 0 Å². The summed E-state index contributed by atoms with van der Waals surface area (Å²) in [7, 11) is 1.72. The van der Waals surface area contributed by atoms with Crippen molar-refractivity contribution < 1.29 is 4.74 Å². The monoisotopic (exact) mass is 158 g/mol. The molecule has 3 N–H and O–H groups in total. The van der Waals surface area contributed by atoms with Crippen molar-refractivity contribution in [2.24, 2.45) is 11.8 Å². The zero-order valence-electron chi connectivity index (χ0n) is 7.18. The molecule has 0 aromatic carbocycles. The van der Waals surface area contributed by atoms with E-state index in [2.05, 4.69) is 5.43 Å². The highest BCUT2D eigenvalue weighted by molar-refractivity contribution is 4.78. The summed E-state index contributed by atoms with van der Waals surface area (Å²) >= 11 is 0. The molecular weight excluding hydrogens is 140 g/mol. The lowest BCUT2D eigenvalue weighted by Crippen LogP contribution is -2.43. The van der Waals surface area contributed by atoms with Gasteiger partial charge in [0.15, 0.2) is 0 Å². The Bertz CT molecular complexity index is 102. The molecule has 1 atom stereocenters. The average Bonchev–Trinajstić information content (AvgIpc) is 2.52. The molecule has 0 spiro atoms. The summed E-state index contributed by atoms with van der Waals surface area (Å²) in [5.41, 5.74) is 2.82. The minimum absolute atomic E-state index is 0.363. The molecular formula is C8H18N2O. The normalized spacial score (nSPS) is 22.4. The fraction of sp³-hybridized carbons (Fsp3) is 1.00. The molecule has 0 aromatic rings. The second-order valence-electron chi connectivity index (χ2n) is 3.27. The Morgan fingerprint density at radius 2 is 2.18 bits per heavy atom. The summed E-state index contributed by atoms with van der Waals surface area (Å²) in [6.07, 6.45) is 5.32. The lowest BCUT2D eigenvalue weighted by Gasteiger charge is -2.21. The van der Waals surface area contributed by atoms with Crippen LogP contribution in [0.5, 0.6) is 0 Å². The summed E-state index contributed by atoms with van der Waals surface area (Å²) in [6.45, 7) is 0.737. The van der Waals surface area contributed by atoms with Crippen LogP contribution >= 0.6 is 0 Å². The average molecular weight is 158 g/mol. The van der Waals surface area contributed by atoms with Crippen molar-refractivity contribution in [1.29, 1.82) is 0 Å². The number of nitrogens with one attached hydrogen (secondary N) is 1. The molecule has 1 fully saturated rings. The number of hydrogen-bond acceptors (Lipinski definition) is 3. The molecule has 66 valence electrons. The van der Waals surface area contributed by atoms with Crippen molar-refractivity contribution >= 4 is 0 Å². The van der Waals surface area contributed by atoms with Gasteiger partial charge in [0.25, 0.3) is 0 Å². The van der Waals surface area contributed by atoms with Crippen LogP contribution in [0.25, 0.3) is 0 Å². The quantitative estimate of drug-likeness (QED) is 0.466. The minimum atomic E-state index is 0.363. The van der Waals surface area contributed by atoms with E-state index in [1.165, 1.54) is 25.7 Å². The van der Waals surface area contributed by atoms with Crippen molar-refractivity contribution in [1.82, 2.24) is 5.43 Å². The van der Waals surface area contributed by atoms with E-state index < -0.39 is 0 Å². The van der Waals surface area contributed by atoms with Crippen LogP contribution in [0, 0.1) is 5.92 Å². The molecule has 0 amide bonds. The smallest absolute Gasteiger partial charge is 0.0632 e. The van der Waals surface area contributed by atoms with Gasteiger partial charge in [0, 0.05) is 13.2 Å². The molecule has 0 heterocycles. The summed E-state index contributed by atoms with van der Waals surface area (Å²) in [4.78, 5) is 0. The fourth-order valence-corrected chi connectivity index (χ4v) is 1.86. The van der Waals surface area contributed by atoms with Gasteiger partial charge < -0.3 is 4.74 Å². The SMILES string of the molecule is COCC(NN)C1CCCC1. The number of nitrogens with two attached hydrogens (primary N) is 1. The Morgan fingerprint density at radius 3 is 2.64 bits per heavy atom. The maximum Gasteiger partial charge on any atom is 0.0632 e. The van der Waals surface area contributed by atoms with Crippen LogP contribution in [0.3, 0.4) is 0 Å². The Morgan fingerprint density at radius 1 is 1.55 bits per heavy atom. The summed E-state index contributed by atoms with van der Waals surface area (Å²) < 4.78 is 5.06. The minimum Gasteiger partial charge on any atom is -0.383 e. The third-order valence-electron chi connectivity index (χ3n) is 2.53. The zero-order valence-corrected chi connectivity index (χ0v) is 7.18. The van der Waals surface area contributed by atoms with Crippen molar-refractivity contribution in [3.63, 3.8) is 0 Å². The van der Waals surface area contributed by atoms with Gasteiger partial charge in [-0.05, 0) is 18.8 Å². The molecule has 0 saturated heterocycles. The Labute approximate surface area is 68.3 Å². The largest absolute Gasteiger partial charge is 0.383 e. The second-order valence-corrected chi connectivity index (χ2v) is 3.27. The number of ether oxygens (including phenoxy) is 1. The van der Waals surface area contributed by atoms with E-state index in [9.17, 15) is 0 Å². The first-order chi connectivity index (χ1) is 5.38. The molecule has 1 unspecified atom stereocenters. The van der Waals surface area contributed by atoms with Gasteiger partial charge in [0.2, 0.25) is 0 Å². The standard InChI is InChI=1S/C8H18N2O/c1-11-6-8(10-9)7-4-2-3-5-7/h7-8,10H,2-6,9H2,1H3. The Balaban J connectivity index is 2.27. The van der Waals surface area contributed by atoms with E-state index >= 15 is 0 Å². The molecule has 0 bridgehead atoms. The molecule has 0 radical (unpaired) electrons. The third kappa shape index (κ3) is 2.43. The van der Waals surface area contributed by atoms with Crippen LogP contribution in [0.4, 0.5) is 0 Å². The van der Waals surface area contributed by atoms with Crippen LogP contribution in [0.2, 0.25) is 0 Å². The Hall–Kier alpha value is -0.120. The van der Waals surface area contributed by atoms with E-state index in [1.54, 1.807) is 7.11 Å². The van der Waals surface area contributed by atoms with Gasteiger partial charge in [-0.1, -0.05) is 12.8 Å². The van der Waals surface area contributed by atoms with Gasteiger partial charge in [-0.15, -0.1) is 0 Å². The van der Waals surface area contributed by atoms with E-state index in [1.807, 2.05) is 0 Å². The van der Waals surface area contributed by atoms with E-state index in [-0.39, 0.29) is 0 Å². The lowest BCUT2D eigenvalue weighted by molar-refractivity contribution is 0.140. The van der Waals surface area contributed by atoms with Crippen LogP contribution < -0.4 is 11.3 Å².